The topological polar surface area (TPSA) is 34.2 Å². The van der Waals surface area contributed by atoms with Crippen molar-refractivity contribution in [1.82, 2.24) is 9.47 Å². The Morgan fingerprint density at radius 1 is 0.833 bits per heavy atom. The highest BCUT2D eigenvalue weighted by atomic mass is 19.1. The Morgan fingerprint density at radius 2 is 1.53 bits per heavy atom. The van der Waals surface area contributed by atoms with Gasteiger partial charge in [0.2, 0.25) is 0 Å². The number of hydrogen-bond donors (Lipinski definition) is 1. The molecule has 0 bridgehead atoms. The molecule has 0 saturated heterocycles. The lowest BCUT2D eigenvalue weighted by molar-refractivity contribution is 0.247. The molecule has 1 aliphatic rings. The minimum atomic E-state index is -0.246. The van der Waals surface area contributed by atoms with E-state index in [1.165, 1.54) is 61.6 Å². The molecule has 160 valence electrons. The van der Waals surface area contributed by atoms with Crippen LogP contribution >= 0.6 is 0 Å². The molecule has 4 rings (SSSR count). The van der Waals surface area contributed by atoms with Gasteiger partial charge in [-0.05, 0) is 74.0 Å². The van der Waals surface area contributed by atoms with Crippen LogP contribution in [0.5, 0.6) is 0 Å². The van der Waals surface area contributed by atoms with E-state index in [1.54, 1.807) is 18.2 Å². The van der Waals surface area contributed by atoms with Gasteiger partial charge in [-0.1, -0.05) is 25.7 Å². The van der Waals surface area contributed by atoms with Gasteiger partial charge < -0.3 is 10.3 Å². The molecular formula is C25H31F2N3. The van der Waals surface area contributed by atoms with Gasteiger partial charge in [0.15, 0.2) is 0 Å². The van der Waals surface area contributed by atoms with E-state index in [-0.39, 0.29) is 11.6 Å². The summed E-state index contributed by atoms with van der Waals surface area (Å²) >= 11 is 0. The van der Waals surface area contributed by atoms with Crippen molar-refractivity contribution >= 4 is 10.9 Å². The minimum absolute atomic E-state index is 0.212. The van der Waals surface area contributed by atoms with Crippen molar-refractivity contribution in [3.8, 4) is 5.69 Å². The fraction of sp³-hybridized carbons (Fsp3) is 0.440. The molecule has 0 aliphatic carbocycles. The molecule has 5 heteroatoms. The van der Waals surface area contributed by atoms with Crippen molar-refractivity contribution in [2.45, 2.75) is 51.5 Å². The quantitative estimate of drug-likeness (QED) is 0.467. The van der Waals surface area contributed by atoms with Gasteiger partial charge in [0.25, 0.3) is 0 Å². The van der Waals surface area contributed by atoms with Crippen LogP contribution < -0.4 is 5.73 Å². The Hall–Kier alpha value is -2.24. The molecule has 0 atom stereocenters. The highest BCUT2D eigenvalue weighted by molar-refractivity contribution is 5.87. The van der Waals surface area contributed by atoms with Gasteiger partial charge in [-0.2, -0.15) is 0 Å². The molecule has 0 spiro atoms. The lowest BCUT2D eigenvalue weighted by Gasteiger charge is -2.28. The number of hydrogen-bond acceptors (Lipinski definition) is 2. The van der Waals surface area contributed by atoms with Crippen molar-refractivity contribution in [2.75, 3.05) is 19.6 Å². The first-order valence-corrected chi connectivity index (χ1v) is 11.2. The summed E-state index contributed by atoms with van der Waals surface area (Å²) < 4.78 is 29.7. The highest BCUT2D eigenvalue weighted by Crippen LogP contribution is 2.34. The normalized spacial score (nSPS) is 14.4. The largest absolute Gasteiger partial charge is 0.330 e. The third-order valence-corrected chi connectivity index (χ3v) is 6.20. The number of rotatable bonds is 9. The van der Waals surface area contributed by atoms with E-state index in [9.17, 15) is 8.78 Å². The van der Waals surface area contributed by atoms with E-state index in [0.29, 0.717) is 0 Å². The first-order chi connectivity index (χ1) is 14.7. The third kappa shape index (κ3) is 4.57. The van der Waals surface area contributed by atoms with Crippen LogP contribution in [0, 0.1) is 11.6 Å². The Balaban J connectivity index is 1.51. The van der Waals surface area contributed by atoms with Crippen LogP contribution in [0.4, 0.5) is 8.78 Å². The van der Waals surface area contributed by atoms with Gasteiger partial charge in [0.1, 0.15) is 11.6 Å². The third-order valence-electron chi connectivity index (χ3n) is 6.20. The Morgan fingerprint density at radius 3 is 2.30 bits per heavy atom. The smallest absolute Gasteiger partial charge is 0.123 e. The Labute approximate surface area is 177 Å². The second kappa shape index (κ2) is 9.71. The van der Waals surface area contributed by atoms with Gasteiger partial charge >= 0.3 is 0 Å². The molecule has 1 aromatic heterocycles. The fourth-order valence-corrected chi connectivity index (χ4v) is 4.65. The second-order valence-corrected chi connectivity index (χ2v) is 8.33. The number of halogens is 2. The first-order valence-electron chi connectivity index (χ1n) is 11.2. The number of fused-ring (bicyclic) bond motifs is 3. The zero-order valence-electron chi connectivity index (χ0n) is 17.5. The molecule has 30 heavy (non-hydrogen) atoms. The van der Waals surface area contributed by atoms with Crippen LogP contribution in [0.25, 0.3) is 16.6 Å². The summed E-state index contributed by atoms with van der Waals surface area (Å²) in [7, 11) is 0. The van der Waals surface area contributed by atoms with E-state index in [0.717, 1.165) is 55.6 Å². The number of unbranched alkanes of at least 4 members (excludes halogenated alkanes) is 5. The summed E-state index contributed by atoms with van der Waals surface area (Å²) in [6, 6.07) is 11.6. The van der Waals surface area contributed by atoms with E-state index in [4.69, 9.17) is 5.73 Å². The van der Waals surface area contributed by atoms with Gasteiger partial charge in [-0.15, -0.1) is 0 Å². The highest BCUT2D eigenvalue weighted by Gasteiger charge is 2.24. The fourth-order valence-electron chi connectivity index (χ4n) is 4.65. The summed E-state index contributed by atoms with van der Waals surface area (Å²) in [5.41, 5.74) is 9.91. The summed E-state index contributed by atoms with van der Waals surface area (Å²) in [4.78, 5) is 2.49. The van der Waals surface area contributed by atoms with Crippen molar-refractivity contribution in [2.24, 2.45) is 5.73 Å². The van der Waals surface area contributed by atoms with Crippen molar-refractivity contribution in [1.29, 1.82) is 0 Å². The summed E-state index contributed by atoms with van der Waals surface area (Å²) in [6.07, 6.45) is 8.27. The zero-order valence-corrected chi connectivity index (χ0v) is 17.5. The summed E-state index contributed by atoms with van der Waals surface area (Å²) in [6.45, 7) is 3.72. The maximum atomic E-state index is 14.1. The molecule has 2 aromatic carbocycles. The van der Waals surface area contributed by atoms with E-state index >= 15 is 0 Å². The maximum Gasteiger partial charge on any atom is 0.123 e. The Bertz CT molecular complexity index is 978. The molecule has 1 aliphatic heterocycles. The first kappa shape index (κ1) is 21.0. The van der Waals surface area contributed by atoms with Crippen LogP contribution in [0.3, 0.4) is 0 Å². The SMILES string of the molecule is NCCCCCCCCN1CCc2c(c3cc(F)ccc3n2-c2ccc(F)cc2)C1. The Kier molecular flexibility index (Phi) is 6.80. The average Bonchev–Trinajstić information content (AvgIpc) is 3.07. The maximum absolute atomic E-state index is 14.1. The molecule has 3 aromatic rings. The summed E-state index contributed by atoms with van der Waals surface area (Å²) in [5.74, 6) is -0.458. The van der Waals surface area contributed by atoms with E-state index < -0.39 is 0 Å². The number of nitrogens with zero attached hydrogens (tertiary/aromatic N) is 2. The van der Waals surface area contributed by atoms with Gasteiger partial charge in [0, 0.05) is 36.3 Å². The van der Waals surface area contributed by atoms with Crippen LogP contribution in [-0.4, -0.2) is 29.1 Å². The monoisotopic (exact) mass is 411 g/mol. The molecular weight excluding hydrogens is 380 g/mol. The van der Waals surface area contributed by atoms with E-state index in [1.807, 2.05) is 6.07 Å². The van der Waals surface area contributed by atoms with Crippen LogP contribution in [0.2, 0.25) is 0 Å². The molecule has 0 unspecified atom stereocenters. The zero-order chi connectivity index (χ0) is 20.9. The van der Waals surface area contributed by atoms with Crippen molar-refractivity contribution < 1.29 is 8.78 Å². The van der Waals surface area contributed by atoms with Crippen molar-refractivity contribution in [3.63, 3.8) is 0 Å². The molecule has 0 amide bonds. The lowest BCUT2D eigenvalue weighted by atomic mass is 10.0. The van der Waals surface area contributed by atoms with Crippen molar-refractivity contribution in [3.05, 3.63) is 65.4 Å². The second-order valence-electron chi connectivity index (χ2n) is 8.33. The van der Waals surface area contributed by atoms with Gasteiger partial charge in [-0.3, -0.25) is 4.90 Å². The molecule has 2 N–H and O–H groups in total. The van der Waals surface area contributed by atoms with Gasteiger partial charge in [-0.25, -0.2) is 8.78 Å². The molecule has 0 fully saturated rings. The number of aromatic nitrogens is 1. The molecule has 3 nitrogen and oxygen atoms in total. The molecule has 2 heterocycles. The van der Waals surface area contributed by atoms with Crippen LogP contribution in [0.15, 0.2) is 42.5 Å². The van der Waals surface area contributed by atoms with Gasteiger partial charge in [0.05, 0.1) is 5.52 Å². The number of benzene rings is 2. The predicted octanol–water partition coefficient (Wildman–Crippen LogP) is 5.57. The standard InChI is InChI=1S/C25H31F2N3/c26-19-7-10-21(11-8-19)30-24-12-9-20(27)17-22(24)23-18-29(16-13-25(23)30)15-6-4-2-1-3-5-14-28/h7-12,17H,1-6,13-16,18,28H2. The predicted molar refractivity (Wildman–Crippen MR) is 119 cm³/mol. The molecule has 0 radical (unpaired) electrons. The minimum Gasteiger partial charge on any atom is -0.330 e. The average molecular weight is 412 g/mol. The van der Waals surface area contributed by atoms with Crippen LogP contribution in [-0.2, 0) is 13.0 Å². The number of nitrogens with two attached hydrogens (primary N) is 1. The summed E-state index contributed by atoms with van der Waals surface area (Å²) in [5, 5.41) is 0.973. The molecule has 0 saturated carbocycles. The van der Waals surface area contributed by atoms with E-state index in [2.05, 4.69) is 9.47 Å². The lowest BCUT2D eigenvalue weighted by Crippen LogP contribution is -2.31. The van der Waals surface area contributed by atoms with Crippen LogP contribution in [0.1, 0.15) is 49.8 Å².